The fourth-order valence-corrected chi connectivity index (χ4v) is 1.98. The summed E-state index contributed by atoms with van der Waals surface area (Å²) >= 11 is 3.30. The molecule has 20 heavy (non-hydrogen) atoms. The molecule has 1 aromatic carbocycles. The Bertz CT molecular complexity index is 680. The quantitative estimate of drug-likeness (QED) is 0.341. The van der Waals surface area contributed by atoms with Gasteiger partial charge in [-0.1, -0.05) is 21.1 Å². The molecule has 0 fully saturated rings. The van der Waals surface area contributed by atoms with Crippen LogP contribution in [-0.2, 0) is 7.05 Å². The van der Waals surface area contributed by atoms with Gasteiger partial charge < -0.3 is 16.3 Å². The topological polar surface area (TPSA) is 106 Å². The zero-order chi connectivity index (χ0) is 14.7. The predicted molar refractivity (Wildman–Crippen MR) is 77.8 cm³/mol. The van der Waals surface area contributed by atoms with Crippen LogP contribution in [0.2, 0.25) is 0 Å². The third kappa shape index (κ3) is 2.97. The van der Waals surface area contributed by atoms with Gasteiger partial charge in [0.25, 0.3) is 5.91 Å². The highest BCUT2D eigenvalue weighted by molar-refractivity contribution is 9.10. The molecule has 1 amide bonds. The summed E-state index contributed by atoms with van der Waals surface area (Å²) in [5, 5.41) is 18.4. The number of carbonyl (C=O) groups excluding carboxylic acids is 1. The minimum Gasteiger partial charge on any atom is -0.409 e. The molecule has 0 unspecified atom stereocenters. The smallest absolute Gasteiger partial charge is 0.276 e. The van der Waals surface area contributed by atoms with Gasteiger partial charge >= 0.3 is 0 Å². The molecule has 0 atom stereocenters. The van der Waals surface area contributed by atoms with Gasteiger partial charge in [0.05, 0.1) is 5.69 Å². The highest BCUT2D eigenvalue weighted by Gasteiger charge is 2.14. The summed E-state index contributed by atoms with van der Waals surface area (Å²) in [4.78, 5) is 12.1. The van der Waals surface area contributed by atoms with Crippen LogP contribution < -0.4 is 11.1 Å². The number of rotatable bonds is 3. The Balaban J connectivity index is 2.33. The molecule has 0 aliphatic rings. The van der Waals surface area contributed by atoms with E-state index in [4.69, 9.17) is 10.9 Å². The number of anilines is 1. The van der Waals surface area contributed by atoms with E-state index < -0.39 is 0 Å². The average molecular weight is 338 g/mol. The Kier molecular flexibility index (Phi) is 4.04. The monoisotopic (exact) mass is 337 g/mol. The molecule has 0 aliphatic carbocycles. The first kappa shape index (κ1) is 14.1. The lowest BCUT2D eigenvalue weighted by Gasteiger charge is -2.09. The van der Waals surface area contributed by atoms with Crippen LogP contribution in [0.15, 0.2) is 40.1 Å². The summed E-state index contributed by atoms with van der Waals surface area (Å²) < 4.78 is 2.28. The number of carbonyl (C=O) groups is 1. The van der Waals surface area contributed by atoms with E-state index in [1.165, 1.54) is 4.68 Å². The van der Waals surface area contributed by atoms with Gasteiger partial charge in [0.15, 0.2) is 11.5 Å². The fraction of sp³-hybridized carbons (Fsp3) is 0.0833. The number of nitrogens with two attached hydrogens (primary N) is 1. The van der Waals surface area contributed by atoms with Crippen molar-refractivity contribution in [2.75, 3.05) is 5.32 Å². The van der Waals surface area contributed by atoms with Crippen LogP contribution in [0.5, 0.6) is 0 Å². The fourth-order valence-electron chi connectivity index (χ4n) is 1.62. The molecule has 4 N–H and O–H groups in total. The number of oxime groups is 1. The van der Waals surface area contributed by atoms with Crippen molar-refractivity contribution in [1.82, 2.24) is 9.78 Å². The summed E-state index contributed by atoms with van der Waals surface area (Å²) in [5.74, 6) is -0.468. The molecule has 2 aromatic rings. The molecule has 1 heterocycles. The molecule has 0 bridgehead atoms. The first-order valence-electron chi connectivity index (χ1n) is 5.59. The van der Waals surface area contributed by atoms with Gasteiger partial charge in [0.1, 0.15) is 0 Å². The maximum Gasteiger partial charge on any atom is 0.276 e. The maximum atomic E-state index is 12.1. The second-order valence-electron chi connectivity index (χ2n) is 4.00. The largest absolute Gasteiger partial charge is 0.409 e. The number of nitrogens with one attached hydrogen (secondary N) is 1. The second kappa shape index (κ2) is 5.74. The maximum absolute atomic E-state index is 12.1. The van der Waals surface area contributed by atoms with E-state index in [1.54, 1.807) is 37.5 Å². The zero-order valence-corrected chi connectivity index (χ0v) is 12.1. The van der Waals surface area contributed by atoms with Crippen LogP contribution in [0.3, 0.4) is 0 Å². The Morgan fingerprint density at radius 2 is 2.25 bits per heavy atom. The average Bonchev–Trinajstić information content (AvgIpc) is 2.85. The van der Waals surface area contributed by atoms with Crippen molar-refractivity contribution in [2.24, 2.45) is 17.9 Å². The zero-order valence-electron chi connectivity index (χ0n) is 10.5. The van der Waals surface area contributed by atoms with Crippen LogP contribution in [-0.4, -0.2) is 26.7 Å². The van der Waals surface area contributed by atoms with Gasteiger partial charge in [-0.05, 0) is 24.3 Å². The van der Waals surface area contributed by atoms with Crippen molar-refractivity contribution in [3.8, 4) is 0 Å². The van der Waals surface area contributed by atoms with Gasteiger partial charge in [-0.2, -0.15) is 5.10 Å². The highest BCUT2D eigenvalue weighted by Crippen LogP contribution is 2.22. The summed E-state index contributed by atoms with van der Waals surface area (Å²) in [5.41, 5.74) is 6.69. The summed E-state index contributed by atoms with van der Waals surface area (Å²) in [6.07, 6.45) is 1.67. The van der Waals surface area contributed by atoms with Crippen molar-refractivity contribution >= 4 is 33.4 Å². The first-order chi connectivity index (χ1) is 9.51. The molecule has 0 saturated carbocycles. The van der Waals surface area contributed by atoms with E-state index in [-0.39, 0.29) is 17.4 Å². The van der Waals surface area contributed by atoms with Gasteiger partial charge in [-0.25, -0.2) is 0 Å². The normalized spacial score (nSPS) is 11.4. The third-order valence-corrected chi connectivity index (χ3v) is 3.05. The van der Waals surface area contributed by atoms with Crippen LogP contribution in [0.4, 0.5) is 5.69 Å². The summed E-state index contributed by atoms with van der Waals surface area (Å²) in [6, 6.07) is 6.61. The number of amides is 1. The van der Waals surface area contributed by atoms with E-state index in [2.05, 4.69) is 31.5 Å². The van der Waals surface area contributed by atoms with E-state index in [0.29, 0.717) is 11.3 Å². The predicted octanol–water partition coefficient (Wildman–Crippen LogP) is 1.53. The molecule has 0 saturated heterocycles. The lowest BCUT2D eigenvalue weighted by atomic mass is 10.1. The summed E-state index contributed by atoms with van der Waals surface area (Å²) in [6.45, 7) is 0. The number of aryl methyl sites for hydroxylation is 1. The van der Waals surface area contributed by atoms with E-state index >= 15 is 0 Å². The Morgan fingerprint density at radius 1 is 1.50 bits per heavy atom. The minimum absolute atomic E-state index is 0.0891. The number of nitrogens with zero attached hydrogens (tertiary/aromatic N) is 3. The number of benzene rings is 1. The lowest BCUT2D eigenvalue weighted by molar-refractivity contribution is 0.102. The standard InChI is InChI=1S/C12H12BrN5O2/c1-18-5-4-9(16-18)12(19)15-10-6-7(13)2-3-8(10)11(14)17-20/h2-6,20H,1H3,(H2,14,17)(H,15,19). The van der Waals surface area contributed by atoms with Crippen molar-refractivity contribution in [3.63, 3.8) is 0 Å². The Hall–Kier alpha value is -2.35. The van der Waals surface area contributed by atoms with Gasteiger partial charge in [-0.15, -0.1) is 0 Å². The number of halogens is 1. The molecule has 104 valence electrons. The van der Waals surface area contributed by atoms with Crippen molar-refractivity contribution in [2.45, 2.75) is 0 Å². The van der Waals surface area contributed by atoms with Crippen LogP contribution >= 0.6 is 15.9 Å². The minimum atomic E-state index is -0.379. The molecular formula is C12H12BrN5O2. The Morgan fingerprint density at radius 3 is 2.85 bits per heavy atom. The number of amidine groups is 1. The molecule has 8 heteroatoms. The molecule has 2 rings (SSSR count). The van der Waals surface area contributed by atoms with Crippen molar-refractivity contribution in [1.29, 1.82) is 0 Å². The molecular weight excluding hydrogens is 326 g/mol. The van der Waals surface area contributed by atoms with E-state index in [1.807, 2.05) is 0 Å². The molecule has 0 spiro atoms. The second-order valence-corrected chi connectivity index (χ2v) is 4.92. The molecule has 1 aromatic heterocycles. The van der Waals surface area contributed by atoms with Crippen LogP contribution in [0, 0.1) is 0 Å². The van der Waals surface area contributed by atoms with E-state index in [9.17, 15) is 4.79 Å². The molecule has 0 radical (unpaired) electrons. The molecule has 7 nitrogen and oxygen atoms in total. The number of hydrogen-bond acceptors (Lipinski definition) is 4. The van der Waals surface area contributed by atoms with Crippen LogP contribution in [0.25, 0.3) is 0 Å². The summed E-state index contributed by atoms with van der Waals surface area (Å²) in [7, 11) is 1.72. The highest BCUT2D eigenvalue weighted by atomic mass is 79.9. The van der Waals surface area contributed by atoms with Gasteiger partial charge in [0, 0.05) is 23.3 Å². The van der Waals surface area contributed by atoms with Gasteiger partial charge in [-0.3, -0.25) is 9.48 Å². The number of hydrogen-bond donors (Lipinski definition) is 3. The lowest BCUT2D eigenvalue weighted by Crippen LogP contribution is -2.19. The van der Waals surface area contributed by atoms with Crippen molar-refractivity contribution in [3.05, 3.63) is 46.2 Å². The van der Waals surface area contributed by atoms with E-state index in [0.717, 1.165) is 4.47 Å². The molecule has 0 aliphatic heterocycles. The first-order valence-corrected chi connectivity index (χ1v) is 6.39. The Labute approximate surface area is 123 Å². The van der Waals surface area contributed by atoms with Crippen LogP contribution in [0.1, 0.15) is 16.1 Å². The van der Waals surface area contributed by atoms with Gasteiger partial charge in [0.2, 0.25) is 0 Å². The SMILES string of the molecule is Cn1ccc(C(=O)Nc2cc(Br)ccc2/C(N)=N/O)n1. The van der Waals surface area contributed by atoms with Crippen molar-refractivity contribution < 1.29 is 10.0 Å². The third-order valence-electron chi connectivity index (χ3n) is 2.56. The number of aromatic nitrogens is 2.